The van der Waals surface area contributed by atoms with Gasteiger partial charge in [0.15, 0.2) is 0 Å². The molecule has 0 aliphatic carbocycles. The molecule has 0 spiro atoms. The molecule has 0 saturated heterocycles. The first-order valence-corrected chi connectivity index (χ1v) is 5.25. The van der Waals surface area contributed by atoms with Gasteiger partial charge >= 0.3 is 0 Å². The number of hydrogen-bond acceptors (Lipinski definition) is 2. The molecule has 1 aromatic carbocycles. The van der Waals surface area contributed by atoms with Gasteiger partial charge in [0.1, 0.15) is 6.04 Å². The average Bonchev–Trinajstić information content (AvgIpc) is 2.19. The molecule has 0 heterocycles. The highest BCUT2D eigenvalue weighted by atomic mass is 35.5. The molecule has 0 saturated carbocycles. The summed E-state index contributed by atoms with van der Waals surface area (Å²) < 4.78 is 0. The van der Waals surface area contributed by atoms with Crippen molar-refractivity contribution in [3.05, 3.63) is 34.9 Å². The van der Waals surface area contributed by atoms with Gasteiger partial charge in [-0.3, -0.25) is 4.90 Å². The van der Waals surface area contributed by atoms with E-state index >= 15 is 0 Å². The summed E-state index contributed by atoms with van der Waals surface area (Å²) in [7, 11) is 3.83. The van der Waals surface area contributed by atoms with E-state index in [4.69, 9.17) is 16.9 Å². The highest BCUT2D eigenvalue weighted by Gasteiger charge is 2.20. The van der Waals surface area contributed by atoms with E-state index in [0.29, 0.717) is 0 Å². The molecule has 0 fully saturated rings. The summed E-state index contributed by atoms with van der Waals surface area (Å²) in [5.41, 5.74) is 1.14. The van der Waals surface area contributed by atoms with Crippen molar-refractivity contribution in [2.75, 3.05) is 14.1 Å². The van der Waals surface area contributed by atoms with Crippen LogP contribution in [0, 0.1) is 11.3 Å². The third kappa shape index (κ3) is 2.95. The van der Waals surface area contributed by atoms with Crippen LogP contribution in [0.25, 0.3) is 0 Å². The van der Waals surface area contributed by atoms with E-state index in [1.54, 1.807) is 0 Å². The van der Waals surface area contributed by atoms with E-state index in [9.17, 15) is 0 Å². The lowest BCUT2D eigenvalue weighted by molar-refractivity contribution is 0.316. The van der Waals surface area contributed by atoms with Crippen LogP contribution in [0.1, 0.15) is 18.4 Å². The molecule has 0 radical (unpaired) electrons. The maximum atomic E-state index is 9.07. The van der Waals surface area contributed by atoms with Crippen LogP contribution in [0.15, 0.2) is 24.3 Å². The quantitative estimate of drug-likeness (QED) is 0.787. The molecule has 3 heteroatoms. The SMILES string of the molecule is CC(c1ccc(Cl)cc1)C(C#N)N(C)C. The van der Waals surface area contributed by atoms with Gasteiger partial charge in [0, 0.05) is 10.9 Å². The summed E-state index contributed by atoms with van der Waals surface area (Å²) >= 11 is 5.82. The Bertz CT molecular complexity index is 351. The zero-order valence-corrected chi connectivity index (χ0v) is 9.99. The van der Waals surface area contributed by atoms with Gasteiger partial charge in [-0.05, 0) is 31.8 Å². The van der Waals surface area contributed by atoms with Crippen LogP contribution >= 0.6 is 11.6 Å². The number of nitriles is 1. The molecule has 1 rings (SSSR count). The van der Waals surface area contributed by atoms with Gasteiger partial charge in [-0.2, -0.15) is 5.26 Å². The van der Waals surface area contributed by atoms with Crippen molar-refractivity contribution in [2.45, 2.75) is 18.9 Å². The molecule has 2 atom stereocenters. The van der Waals surface area contributed by atoms with Crippen LogP contribution in [0.5, 0.6) is 0 Å². The predicted octanol–water partition coefficient (Wildman–Crippen LogP) is 2.90. The number of rotatable bonds is 3. The summed E-state index contributed by atoms with van der Waals surface area (Å²) in [6.07, 6.45) is 0. The van der Waals surface area contributed by atoms with Crippen molar-refractivity contribution in [3.63, 3.8) is 0 Å². The first-order valence-electron chi connectivity index (χ1n) is 4.87. The van der Waals surface area contributed by atoms with Crippen molar-refractivity contribution in [1.82, 2.24) is 4.90 Å². The molecule has 0 amide bonds. The first kappa shape index (κ1) is 12.0. The van der Waals surface area contributed by atoms with Gasteiger partial charge in [0.25, 0.3) is 0 Å². The van der Waals surface area contributed by atoms with Crippen LogP contribution < -0.4 is 0 Å². The van der Waals surface area contributed by atoms with Gasteiger partial charge < -0.3 is 0 Å². The summed E-state index contributed by atoms with van der Waals surface area (Å²) in [6.45, 7) is 2.05. The molecular weight excluding hydrogens is 208 g/mol. The molecule has 0 bridgehead atoms. The van der Waals surface area contributed by atoms with Crippen LogP contribution in [0.3, 0.4) is 0 Å². The zero-order chi connectivity index (χ0) is 11.4. The molecule has 0 aliphatic heterocycles. The number of nitrogens with zero attached hydrogens (tertiary/aromatic N) is 2. The Kier molecular flexibility index (Phi) is 4.14. The lowest BCUT2D eigenvalue weighted by Crippen LogP contribution is -2.31. The molecule has 15 heavy (non-hydrogen) atoms. The lowest BCUT2D eigenvalue weighted by Gasteiger charge is -2.24. The van der Waals surface area contributed by atoms with E-state index in [1.165, 1.54) is 0 Å². The van der Waals surface area contributed by atoms with E-state index < -0.39 is 0 Å². The molecule has 80 valence electrons. The number of halogens is 1. The number of likely N-dealkylation sites (N-methyl/N-ethyl adjacent to an activating group) is 1. The largest absolute Gasteiger partial charge is 0.294 e. The molecule has 2 nitrogen and oxygen atoms in total. The Morgan fingerprint density at radius 3 is 2.20 bits per heavy atom. The average molecular weight is 223 g/mol. The smallest absolute Gasteiger partial charge is 0.104 e. The van der Waals surface area contributed by atoms with Crippen molar-refractivity contribution in [3.8, 4) is 6.07 Å². The van der Waals surface area contributed by atoms with Crippen LogP contribution in [-0.4, -0.2) is 25.0 Å². The van der Waals surface area contributed by atoms with Crippen molar-refractivity contribution >= 4 is 11.6 Å². The van der Waals surface area contributed by atoms with Crippen LogP contribution in [0.4, 0.5) is 0 Å². The molecule has 2 unspecified atom stereocenters. The van der Waals surface area contributed by atoms with E-state index in [2.05, 4.69) is 13.0 Å². The van der Waals surface area contributed by atoms with E-state index in [0.717, 1.165) is 10.6 Å². The Hall–Kier alpha value is -1.04. The lowest BCUT2D eigenvalue weighted by atomic mass is 9.93. The van der Waals surface area contributed by atoms with Crippen molar-refractivity contribution < 1.29 is 0 Å². The van der Waals surface area contributed by atoms with Gasteiger partial charge in [-0.1, -0.05) is 30.7 Å². The fourth-order valence-corrected chi connectivity index (χ4v) is 1.75. The fraction of sp³-hybridized carbons (Fsp3) is 0.417. The van der Waals surface area contributed by atoms with Crippen molar-refractivity contribution in [1.29, 1.82) is 5.26 Å². The van der Waals surface area contributed by atoms with E-state index in [1.807, 2.05) is 43.3 Å². The maximum Gasteiger partial charge on any atom is 0.104 e. The Morgan fingerprint density at radius 2 is 1.80 bits per heavy atom. The molecule has 0 aromatic heterocycles. The fourth-order valence-electron chi connectivity index (χ4n) is 1.62. The Balaban J connectivity index is 2.89. The van der Waals surface area contributed by atoms with Gasteiger partial charge in [0.2, 0.25) is 0 Å². The second-order valence-corrected chi connectivity index (χ2v) is 4.31. The second-order valence-electron chi connectivity index (χ2n) is 3.88. The van der Waals surface area contributed by atoms with E-state index in [-0.39, 0.29) is 12.0 Å². The van der Waals surface area contributed by atoms with Crippen LogP contribution in [0.2, 0.25) is 5.02 Å². The number of hydrogen-bond donors (Lipinski definition) is 0. The zero-order valence-electron chi connectivity index (χ0n) is 9.24. The molecule has 1 aromatic rings. The van der Waals surface area contributed by atoms with Crippen LogP contribution in [-0.2, 0) is 0 Å². The Morgan fingerprint density at radius 1 is 1.27 bits per heavy atom. The minimum Gasteiger partial charge on any atom is -0.294 e. The number of benzene rings is 1. The highest BCUT2D eigenvalue weighted by molar-refractivity contribution is 6.30. The summed E-state index contributed by atoms with van der Waals surface area (Å²) in [5, 5.41) is 9.79. The summed E-state index contributed by atoms with van der Waals surface area (Å²) in [6, 6.07) is 9.87. The summed E-state index contributed by atoms with van der Waals surface area (Å²) in [4.78, 5) is 1.93. The minimum atomic E-state index is -0.105. The molecular formula is C12H15ClN2. The predicted molar refractivity (Wildman–Crippen MR) is 63.0 cm³/mol. The molecule has 0 N–H and O–H groups in total. The topological polar surface area (TPSA) is 27.0 Å². The highest BCUT2D eigenvalue weighted by Crippen LogP contribution is 2.23. The second kappa shape index (κ2) is 5.16. The third-order valence-electron chi connectivity index (χ3n) is 2.56. The monoisotopic (exact) mass is 222 g/mol. The van der Waals surface area contributed by atoms with Gasteiger partial charge in [-0.25, -0.2) is 0 Å². The minimum absolute atomic E-state index is 0.105. The maximum absolute atomic E-state index is 9.07. The normalized spacial score (nSPS) is 14.7. The standard InChI is InChI=1S/C12H15ClN2/c1-9(12(8-14)15(2)3)10-4-6-11(13)7-5-10/h4-7,9,12H,1-3H3. The Labute approximate surface area is 96.1 Å². The van der Waals surface area contributed by atoms with Gasteiger partial charge in [-0.15, -0.1) is 0 Å². The van der Waals surface area contributed by atoms with Crippen molar-refractivity contribution in [2.24, 2.45) is 0 Å². The molecule has 0 aliphatic rings. The third-order valence-corrected chi connectivity index (χ3v) is 2.81. The van der Waals surface area contributed by atoms with Gasteiger partial charge in [0.05, 0.1) is 6.07 Å². The first-order chi connectivity index (χ1) is 7.06. The summed E-state index contributed by atoms with van der Waals surface area (Å²) in [5.74, 6) is 0.183.